The van der Waals surface area contributed by atoms with Crippen molar-refractivity contribution in [2.24, 2.45) is 0 Å². The summed E-state index contributed by atoms with van der Waals surface area (Å²) in [6.07, 6.45) is 0.524. The predicted octanol–water partition coefficient (Wildman–Crippen LogP) is 3.54. The van der Waals surface area contributed by atoms with Crippen molar-refractivity contribution < 1.29 is 4.57 Å². The van der Waals surface area contributed by atoms with Crippen molar-refractivity contribution in [3.63, 3.8) is 0 Å². The van der Waals surface area contributed by atoms with E-state index in [1.54, 1.807) is 0 Å². The van der Waals surface area contributed by atoms with E-state index >= 15 is 0 Å². The van der Waals surface area contributed by atoms with Gasteiger partial charge in [-0.2, -0.15) is 0 Å². The van der Waals surface area contributed by atoms with Gasteiger partial charge in [-0.25, -0.2) is 0 Å². The van der Waals surface area contributed by atoms with Gasteiger partial charge in [0.25, 0.3) is 0 Å². The molecule has 3 aromatic carbocycles. The van der Waals surface area contributed by atoms with Crippen LogP contribution >= 0.6 is 7.14 Å². The molecule has 0 aliphatic carbocycles. The molecule has 0 N–H and O–H groups in total. The minimum atomic E-state index is -2.70. The van der Waals surface area contributed by atoms with Gasteiger partial charge in [-0.3, -0.25) is 0 Å². The summed E-state index contributed by atoms with van der Waals surface area (Å²) in [6.45, 7) is 4.24. The third-order valence-corrected chi connectivity index (χ3v) is 9.30. The first-order valence-corrected chi connectivity index (χ1v) is 11.4. The molecule has 0 heterocycles. The van der Waals surface area contributed by atoms with Crippen LogP contribution in [0.25, 0.3) is 0 Å². The van der Waals surface area contributed by atoms with Crippen molar-refractivity contribution in [2.75, 3.05) is 6.16 Å². The summed E-state index contributed by atoms with van der Waals surface area (Å²) < 4.78 is 16.3. The molecule has 1 nitrogen and oxygen atoms in total. The fourth-order valence-electron chi connectivity index (χ4n) is 2.61. The Hall–Kier alpha value is -1.85. The molecule has 0 amide bonds. The van der Waals surface area contributed by atoms with Crippen molar-refractivity contribution in [1.82, 2.24) is 0 Å². The summed E-state index contributed by atoms with van der Waals surface area (Å²) in [5.74, 6) is 0. The van der Waals surface area contributed by atoms with Crippen LogP contribution in [0, 0.1) is 0 Å². The van der Waals surface area contributed by atoms with Gasteiger partial charge in [0.2, 0.25) is 0 Å². The van der Waals surface area contributed by atoms with Gasteiger partial charge in [-0.05, 0) is 0 Å². The van der Waals surface area contributed by atoms with Gasteiger partial charge in [0.15, 0.2) is 0 Å². The molecule has 0 aromatic heterocycles. The molecule has 0 atom stereocenters. The normalized spacial score (nSPS) is 11.2. The average molecular weight is 397 g/mol. The van der Waals surface area contributed by atoms with E-state index < -0.39 is 7.14 Å². The molecular weight excluding hydrogens is 378 g/mol. The Labute approximate surface area is 150 Å². The maximum atomic E-state index is 14.0. The molecule has 0 bridgehead atoms. The van der Waals surface area contributed by atoms with E-state index in [1.165, 1.54) is 4.46 Å². The third kappa shape index (κ3) is 3.97. The summed E-state index contributed by atoms with van der Waals surface area (Å²) >= 11 is 0.125. The second-order valence-electron chi connectivity index (χ2n) is 5.52. The van der Waals surface area contributed by atoms with Crippen LogP contribution in [-0.4, -0.2) is 21.1 Å². The first-order chi connectivity index (χ1) is 11.7. The zero-order chi connectivity index (χ0) is 16.8. The van der Waals surface area contributed by atoms with Gasteiger partial charge in [-0.1, -0.05) is 0 Å². The summed E-state index contributed by atoms with van der Waals surface area (Å²) in [7, 11) is -2.70. The molecule has 0 fully saturated rings. The average Bonchev–Trinajstić information content (AvgIpc) is 2.64. The topological polar surface area (TPSA) is 17.1 Å². The van der Waals surface area contributed by atoms with Crippen LogP contribution in [0.5, 0.6) is 0 Å². The monoisotopic (exact) mass is 398 g/mol. The van der Waals surface area contributed by atoms with Gasteiger partial charge in [0.1, 0.15) is 0 Å². The Bertz CT molecular complexity index is 801. The number of hydrogen-bond acceptors (Lipinski definition) is 1. The van der Waals surface area contributed by atoms with Gasteiger partial charge in [0, 0.05) is 0 Å². The molecule has 0 radical (unpaired) electrons. The zero-order valence-corrected chi connectivity index (χ0v) is 15.9. The first kappa shape index (κ1) is 17.0. The zero-order valence-electron chi connectivity index (χ0n) is 13.3. The van der Waals surface area contributed by atoms with Crippen LogP contribution in [0.4, 0.5) is 0 Å². The maximum absolute atomic E-state index is 14.0. The molecule has 0 unspecified atom stereocenters. The number of allylic oxidation sites excluding steroid dienone is 1. The predicted molar refractivity (Wildman–Crippen MR) is 106 cm³/mol. The molecule has 120 valence electrons. The molecule has 0 aliphatic rings. The van der Waals surface area contributed by atoms with Crippen LogP contribution in [0.15, 0.2) is 102 Å². The van der Waals surface area contributed by atoms with Crippen LogP contribution < -0.4 is 15.1 Å². The molecule has 0 aliphatic heterocycles. The van der Waals surface area contributed by atoms with Gasteiger partial charge >= 0.3 is 150 Å². The van der Waals surface area contributed by atoms with Gasteiger partial charge < -0.3 is 0 Å². The second kappa shape index (κ2) is 7.81. The molecule has 0 saturated heterocycles. The number of hydrogen-bond donors (Lipinski definition) is 0. The van der Waals surface area contributed by atoms with Crippen LogP contribution in [0.1, 0.15) is 0 Å². The summed E-state index contributed by atoms with van der Waals surface area (Å²) in [5.41, 5.74) is 0. The van der Waals surface area contributed by atoms with Crippen molar-refractivity contribution >= 4 is 37.2 Å². The van der Waals surface area contributed by atoms with Crippen molar-refractivity contribution in [2.45, 2.75) is 0 Å². The summed E-state index contributed by atoms with van der Waals surface area (Å²) in [6, 6.07) is 29.9. The molecule has 0 spiro atoms. The molecule has 3 heteroatoms. The second-order valence-corrected chi connectivity index (χ2v) is 11.0. The number of rotatable bonds is 6. The van der Waals surface area contributed by atoms with Gasteiger partial charge in [-0.15, -0.1) is 0 Å². The van der Waals surface area contributed by atoms with E-state index in [0.29, 0.717) is 6.16 Å². The van der Waals surface area contributed by atoms with Crippen molar-refractivity contribution in [1.29, 1.82) is 0 Å². The molecular formula is C21H19OPSe. The van der Waals surface area contributed by atoms with E-state index in [9.17, 15) is 4.57 Å². The first-order valence-electron chi connectivity index (χ1n) is 7.79. The van der Waals surface area contributed by atoms with E-state index in [4.69, 9.17) is 0 Å². The molecule has 3 aromatic rings. The molecule has 0 saturated carbocycles. The Morgan fingerprint density at radius 2 is 1.17 bits per heavy atom. The van der Waals surface area contributed by atoms with Crippen LogP contribution in [0.3, 0.4) is 0 Å². The third-order valence-electron chi connectivity index (χ3n) is 3.75. The van der Waals surface area contributed by atoms with Crippen molar-refractivity contribution in [3.8, 4) is 0 Å². The van der Waals surface area contributed by atoms with E-state index in [1.807, 2.05) is 78.9 Å². The summed E-state index contributed by atoms with van der Waals surface area (Å²) in [4.78, 5) is 0. The Kier molecular flexibility index (Phi) is 5.53. The Morgan fingerprint density at radius 1 is 0.750 bits per heavy atom. The fraction of sp³-hybridized carbons (Fsp3) is 0.0476. The Morgan fingerprint density at radius 3 is 1.62 bits per heavy atom. The SMILES string of the molecule is C=C(CP(=O)(c1ccccc1)c1ccccc1)[Se]c1ccccc1. The standard InChI is InChI=1S/C21H19OPSe/c1-18(24-21-15-9-4-10-16-21)17-23(22,19-11-5-2-6-12-19)20-13-7-3-8-14-20/h2-16H,1,17H2. The van der Waals surface area contributed by atoms with Gasteiger partial charge in [0.05, 0.1) is 0 Å². The van der Waals surface area contributed by atoms with E-state index in [-0.39, 0.29) is 15.0 Å². The molecule has 24 heavy (non-hydrogen) atoms. The van der Waals surface area contributed by atoms with Crippen LogP contribution in [0.2, 0.25) is 0 Å². The number of benzene rings is 3. The Balaban J connectivity index is 1.92. The molecule has 3 rings (SSSR count). The summed E-state index contributed by atoms with van der Waals surface area (Å²) in [5, 5.41) is 1.81. The minimum absolute atomic E-state index is 0.125. The van der Waals surface area contributed by atoms with E-state index in [0.717, 1.165) is 15.1 Å². The quantitative estimate of drug-likeness (QED) is 0.459. The van der Waals surface area contributed by atoms with Crippen LogP contribution in [-0.2, 0) is 4.57 Å². The van der Waals surface area contributed by atoms with Crippen molar-refractivity contribution in [3.05, 3.63) is 102 Å². The fourth-order valence-corrected chi connectivity index (χ4v) is 8.00. The van der Waals surface area contributed by atoms with E-state index in [2.05, 4.69) is 18.7 Å².